The number of hydrogen-bond donors (Lipinski definition) is 1. The van der Waals surface area contributed by atoms with Gasteiger partial charge in [0.15, 0.2) is 0 Å². The molecule has 2 rings (SSSR count). The van der Waals surface area contributed by atoms with Crippen LogP contribution in [-0.2, 0) is 0 Å². The summed E-state index contributed by atoms with van der Waals surface area (Å²) in [7, 11) is 0. The lowest BCUT2D eigenvalue weighted by Gasteiger charge is -2.03. The highest BCUT2D eigenvalue weighted by molar-refractivity contribution is 6.29. The molecule has 0 bridgehead atoms. The Labute approximate surface area is 101 Å². The van der Waals surface area contributed by atoms with E-state index in [9.17, 15) is 9.18 Å². The largest absolute Gasteiger partial charge is 0.478 e. The number of pyridine rings is 1. The molecule has 17 heavy (non-hydrogen) atoms. The molecule has 3 nitrogen and oxygen atoms in total. The van der Waals surface area contributed by atoms with Crippen molar-refractivity contribution in [2.75, 3.05) is 0 Å². The first-order chi connectivity index (χ1) is 8.06. The van der Waals surface area contributed by atoms with Crippen molar-refractivity contribution in [1.29, 1.82) is 0 Å². The van der Waals surface area contributed by atoms with E-state index in [0.29, 0.717) is 11.3 Å². The number of aromatic nitrogens is 1. The van der Waals surface area contributed by atoms with E-state index < -0.39 is 11.8 Å². The van der Waals surface area contributed by atoms with E-state index in [4.69, 9.17) is 16.7 Å². The van der Waals surface area contributed by atoms with E-state index in [2.05, 4.69) is 4.98 Å². The molecule has 0 aliphatic carbocycles. The molecule has 0 saturated heterocycles. The van der Waals surface area contributed by atoms with Gasteiger partial charge in [-0.25, -0.2) is 14.2 Å². The molecular formula is C12H7ClFNO2. The van der Waals surface area contributed by atoms with Crippen molar-refractivity contribution in [2.45, 2.75) is 0 Å². The monoisotopic (exact) mass is 251 g/mol. The van der Waals surface area contributed by atoms with Crippen LogP contribution in [0.15, 0.2) is 36.4 Å². The lowest BCUT2D eigenvalue weighted by Crippen LogP contribution is -1.98. The van der Waals surface area contributed by atoms with Crippen LogP contribution in [-0.4, -0.2) is 16.1 Å². The van der Waals surface area contributed by atoms with E-state index in [-0.39, 0.29) is 10.7 Å². The first kappa shape index (κ1) is 11.5. The summed E-state index contributed by atoms with van der Waals surface area (Å²) in [6, 6.07) is 8.31. The molecular weight excluding hydrogens is 245 g/mol. The normalized spacial score (nSPS) is 10.2. The van der Waals surface area contributed by atoms with Crippen LogP contribution in [0.5, 0.6) is 0 Å². The Morgan fingerprint density at radius 2 is 2.06 bits per heavy atom. The molecule has 0 fully saturated rings. The third-order valence-corrected chi connectivity index (χ3v) is 2.36. The average molecular weight is 252 g/mol. The fourth-order valence-electron chi connectivity index (χ4n) is 1.42. The minimum absolute atomic E-state index is 0.0178. The summed E-state index contributed by atoms with van der Waals surface area (Å²) >= 11 is 5.72. The Kier molecular flexibility index (Phi) is 3.06. The lowest BCUT2D eigenvalue weighted by atomic mass is 10.1. The van der Waals surface area contributed by atoms with Crippen molar-refractivity contribution in [3.05, 3.63) is 52.9 Å². The zero-order valence-corrected chi connectivity index (χ0v) is 9.28. The fourth-order valence-corrected chi connectivity index (χ4v) is 1.62. The van der Waals surface area contributed by atoms with E-state index in [0.717, 1.165) is 0 Å². The van der Waals surface area contributed by atoms with Crippen LogP contribution >= 0.6 is 11.6 Å². The molecule has 0 aliphatic rings. The second kappa shape index (κ2) is 4.51. The van der Waals surface area contributed by atoms with Crippen molar-refractivity contribution >= 4 is 17.6 Å². The van der Waals surface area contributed by atoms with Gasteiger partial charge in [0, 0.05) is 5.56 Å². The second-order valence-electron chi connectivity index (χ2n) is 3.38. The molecule has 0 amide bonds. The van der Waals surface area contributed by atoms with E-state index in [1.54, 1.807) is 6.07 Å². The van der Waals surface area contributed by atoms with Crippen LogP contribution in [0, 0.1) is 5.82 Å². The topological polar surface area (TPSA) is 50.2 Å². The number of halogens is 2. The Balaban J connectivity index is 2.56. The predicted molar refractivity (Wildman–Crippen MR) is 61.6 cm³/mol. The number of aromatic carboxylic acids is 1. The molecule has 1 aromatic carbocycles. The standard InChI is InChI=1S/C12H7ClFNO2/c13-11-6-8(12(16)17)5-10(15-11)7-2-1-3-9(14)4-7/h1-6H,(H,16,17). The summed E-state index contributed by atoms with van der Waals surface area (Å²) < 4.78 is 13.0. The molecule has 5 heteroatoms. The first-order valence-corrected chi connectivity index (χ1v) is 5.11. The van der Waals surface area contributed by atoms with Crippen LogP contribution in [0.3, 0.4) is 0 Å². The number of carbonyl (C=O) groups is 1. The second-order valence-corrected chi connectivity index (χ2v) is 3.77. The zero-order chi connectivity index (χ0) is 12.4. The predicted octanol–water partition coefficient (Wildman–Crippen LogP) is 3.24. The van der Waals surface area contributed by atoms with E-state index >= 15 is 0 Å². The number of rotatable bonds is 2. The Morgan fingerprint density at radius 1 is 1.29 bits per heavy atom. The number of nitrogens with zero attached hydrogens (tertiary/aromatic N) is 1. The number of carboxylic acid groups (broad SMARTS) is 1. The molecule has 0 saturated carbocycles. The van der Waals surface area contributed by atoms with Crippen LogP contribution in [0.4, 0.5) is 4.39 Å². The molecule has 2 aromatic rings. The van der Waals surface area contributed by atoms with E-state index in [1.165, 1.54) is 30.3 Å². The van der Waals surface area contributed by atoms with Gasteiger partial charge in [0.2, 0.25) is 0 Å². The van der Waals surface area contributed by atoms with Gasteiger partial charge in [0.1, 0.15) is 11.0 Å². The molecule has 1 N–H and O–H groups in total. The van der Waals surface area contributed by atoms with E-state index in [1.807, 2.05) is 0 Å². The molecule has 0 radical (unpaired) electrons. The van der Waals surface area contributed by atoms with Crippen LogP contribution in [0.2, 0.25) is 5.15 Å². The summed E-state index contributed by atoms with van der Waals surface area (Å²) in [6.45, 7) is 0. The molecule has 86 valence electrons. The van der Waals surface area contributed by atoms with Gasteiger partial charge in [0.25, 0.3) is 0 Å². The lowest BCUT2D eigenvalue weighted by molar-refractivity contribution is 0.0697. The molecule has 0 atom stereocenters. The number of benzene rings is 1. The highest BCUT2D eigenvalue weighted by Gasteiger charge is 2.09. The van der Waals surface area contributed by atoms with Gasteiger partial charge in [-0.05, 0) is 24.3 Å². The van der Waals surface area contributed by atoms with Gasteiger partial charge in [-0.2, -0.15) is 0 Å². The third kappa shape index (κ3) is 2.60. The van der Waals surface area contributed by atoms with Gasteiger partial charge in [-0.15, -0.1) is 0 Å². The van der Waals surface area contributed by atoms with Crippen LogP contribution in [0.1, 0.15) is 10.4 Å². The fraction of sp³-hybridized carbons (Fsp3) is 0. The van der Waals surface area contributed by atoms with Crippen LogP contribution in [0.25, 0.3) is 11.3 Å². The number of carboxylic acids is 1. The van der Waals surface area contributed by atoms with Crippen LogP contribution < -0.4 is 0 Å². The molecule has 0 aliphatic heterocycles. The third-order valence-electron chi connectivity index (χ3n) is 2.16. The van der Waals surface area contributed by atoms with Crippen molar-refractivity contribution < 1.29 is 14.3 Å². The van der Waals surface area contributed by atoms with Crippen molar-refractivity contribution in [3.63, 3.8) is 0 Å². The van der Waals surface area contributed by atoms with Crippen molar-refractivity contribution in [1.82, 2.24) is 4.98 Å². The van der Waals surface area contributed by atoms with Gasteiger partial charge < -0.3 is 5.11 Å². The molecule has 0 unspecified atom stereocenters. The van der Waals surface area contributed by atoms with Gasteiger partial charge in [-0.3, -0.25) is 0 Å². The SMILES string of the molecule is O=C(O)c1cc(Cl)nc(-c2cccc(F)c2)c1. The highest BCUT2D eigenvalue weighted by atomic mass is 35.5. The van der Waals surface area contributed by atoms with Gasteiger partial charge in [-0.1, -0.05) is 23.7 Å². The Hall–Kier alpha value is -1.94. The summed E-state index contributed by atoms with van der Waals surface area (Å²) in [5.74, 6) is -1.52. The Bertz CT molecular complexity index is 586. The van der Waals surface area contributed by atoms with Crippen molar-refractivity contribution in [3.8, 4) is 11.3 Å². The molecule has 0 spiro atoms. The van der Waals surface area contributed by atoms with Gasteiger partial charge >= 0.3 is 5.97 Å². The first-order valence-electron chi connectivity index (χ1n) is 4.73. The Morgan fingerprint density at radius 3 is 2.71 bits per heavy atom. The maximum absolute atomic E-state index is 13.0. The summed E-state index contributed by atoms with van der Waals surface area (Å²) in [6.07, 6.45) is 0. The average Bonchev–Trinajstić information content (AvgIpc) is 2.28. The maximum Gasteiger partial charge on any atom is 0.335 e. The summed E-state index contributed by atoms with van der Waals surface area (Å²) in [5, 5.41) is 8.93. The molecule has 1 heterocycles. The highest BCUT2D eigenvalue weighted by Crippen LogP contribution is 2.22. The van der Waals surface area contributed by atoms with Crippen molar-refractivity contribution in [2.24, 2.45) is 0 Å². The summed E-state index contributed by atoms with van der Waals surface area (Å²) in [4.78, 5) is 14.8. The smallest absolute Gasteiger partial charge is 0.335 e. The number of hydrogen-bond acceptors (Lipinski definition) is 2. The quantitative estimate of drug-likeness (QED) is 0.834. The minimum atomic E-state index is -1.10. The summed E-state index contributed by atoms with van der Waals surface area (Å²) in [5.41, 5.74) is 0.827. The zero-order valence-electron chi connectivity index (χ0n) is 8.52. The maximum atomic E-state index is 13.0. The molecule has 1 aromatic heterocycles. The minimum Gasteiger partial charge on any atom is -0.478 e. The van der Waals surface area contributed by atoms with Gasteiger partial charge in [0.05, 0.1) is 11.3 Å².